The molecule has 3 nitrogen and oxygen atoms in total. The van der Waals surface area contributed by atoms with Crippen LogP contribution in [0.15, 0.2) is 30.3 Å². The molecule has 0 radical (unpaired) electrons. The van der Waals surface area contributed by atoms with E-state index in [1.807, 2.05) is 25.1 Å². The Balaban J connectivity index is 1.97. The van der Waals surface area contributed by atoms with Gasteiger partial charge in [-0.15, -0.1) is 0 Å². The van der Waals surface area contributed by atoms with Crippen LogP contribution in [0.25, 0.3) is 0 Å². The molecule has 0 aromatic heterocycles. The lowest BCUT2D eigenvalue weighted by Gasteiger charge is -2.27. The van der Waals surface area contributed by atoms with Gasteiger partial charge in [0, 0.05) is 12.0 Å². The van der Waals surface area contributed by atoms with Gasteiger partial charge < -0.3 is 10.4 Å². The number of benzene rings is 1. The molecule has 1 amide bonds. The van der Waals surface area contributed by atoms with Crippen molar-refractivity contribution in [3.8, 4) is 0 Å². The zero-order valence-corrected chi connectivity index (χ0v) is 11.7. The summed E-state index contributed by atoms with van der Waals surface area (Å²) in [5.41, 5.74) is 0.0683. The molecule has 2 rings (SSSR count). The molecule has 3 heteroatoms. The summed E-state index contributed by atoms with van der Waals surface area (Å²) in [6.07, 6.45) is 3.05. The first-order valence-electron chi connectivity index (χ1n) is 7.11. The number of rotatable bonds is 4. The van der Waals surface area contributed by atoms with Crippen molar-refractivity contribution in [2.75, 3.05) is 0 Å². The first-order valence-corrected chi connectivity index (χ1v) is 7.11. The largest absolute Gasteiger partial charge is 0.380 e. The minimum absolute atomic E-state index is 0.0134. The molecule has 0 saturated heterocycles. The predicted molar refractivity (Wildman–Crippen MR) is 75.9 cm³/mol. The fourth-order valence-electron chi connectivity index (χ4n) is 2.70. The standard InChI is InChI=1S/C16H23NO2/c1-12(14-8-4-3-5-9-14)13(2)17-15(18)16(19)10-6-7-11-16/h3-5,8-9,12-13,19H,6-7,10-11H2,1-2H3,(H,17,18). The smallest absolute Gasteiger partial charge is 0.252 e. The number of carbonyl (C=O) groups excluding carboxylic acids is 1. The lowest BCUT2D eigenvalue weighted by Crippen LogP contribution is -2.49. The van der Waals surface area contributed by atoms with E-state index in [4.69, 9.17) is 0 Å². The Morgan fingerprint density at radius 3 is 2.37 bits per heavy atom. The van der Waals surface area contributed by atoms with Gasteiger partial charge in [-0.1, -0.05) is 37.3 Å². The molecule has 1 aromatic rings. The van der Waals surface area contributed by atoms with E-state index in [1.54, 1.807) is 0 Å². The molecule has 0 bridgehead atoms. The van der Waals surface area contributed by atoms with Crippen molar-refractivity contribution in [2.45, 2.75) is 57.1 Å². The summed E-state index contributed by atoms with van der Waals surface area (Å²) in [6, 6.07) is 10.1. The van der Waals surface area contributed by atoms with Crippen LogP contribution < -0.4 is 5.32 Å². The van der Waals surface area contributed by atoms with Gasteiger partial charge in [0.2, 0.25) is 0 Å². The average molecular weight is 261 g/mol. The topological polar surface area (TPSA) is 49.3 Å². The highest BCUT2D eigenvalue weighted by Crippen LogP contribution is 2.30. The van der Waals surface area contributed by atoms with Crippen molar-refractivity contribution >= 4 is 5.91 Å². The van der Waals surface area contributed by atoms with Crippen LogP contribution in [0.1, 0.15) is 51.0 Å². The summed E-state index contributed by atoms with van der Waals surface area (Å²) in [7, 11) is 0. The van der Waals surface area contributed by atoms with Gasteiger partial charge in [0.1, 0.15) is 5.60 Å². The quantitative estimate of drug-likeness (QED) is 0.875. The number of hydrogen-bond acceptors (Lipinski definition) is 2. The van der Waals surface area contributed by atoms with E-state index in [0.717, 1.165) is 12.8 Å². The molecular formula is C16H23NO2. The summed E-state index contributed by atoms with van der Waals surface area (Å²) in [5, 5.41) is 13.2. The second kappa shape index (κ2) is 5.74. The molecule has 1 fully saturated rings. The Bertz CT molecular complexity index is 424. The molecule has 2 N–H and O–H groups in total. The lowest BCUT2D eigenvalue weighted by atomic mass is 9.93. The Labute approximate surface area is 115 Å². The van der Waals surface area contributed by atoms with Gasteiger partial charge in [0.25, 0.3) is 5.91 Å². The van der Waals surface area contributed by atoms with Crippen LogP contribution in [-0.2, 0) is 4.79 Å². The van der Waals surface area contributed by atoms with Crippen LogP contribution in [0.2, 0.25) is 0 Å². The van der Waals surface area contributed by atoms with Crippen LogP contribution in [0.5, 0.6) is 0 Å². The molecule has 0 spiro atoms. The Morgan fingerprint density at radius 2 is 1.79 bits per heavy atom. The molecule has 104 valence electrons. The van der Waals surface area contributed by atoms with Crippen LogP contribution in [0, 0.1) is 0 Å². The summed E-state index contributed by atoms with van der Waals surface area (Å²) in [4.78, 5) is 12.2. The number of carbonyl (C=O) groups is 1. The van der Waals surface area contributed by atoms with Crippen LogP contribution >= 0.6 is 0 Å². The monoisotopic (exact) mass is 261 g/mol. The summed E-state index contributed by atoms with van der Waals surface area (Å²) in [5.74, 6) is 0.0236. The molecular weight excluding hydrogens is 238 g/mol. The normalized spacial score (nSPS) is 20.8. The van der Waals surface area contributed by atoms with Crippen molar-refractivity contribution in [3.05, 3.63) is 35.9 Å². The van der Waals surface area contributed by atoms with E-state index in [-0.39, 0.29) is 17.9 Å². The molecule has 2 atom stereocenters. The van der Waals surface area contributed by atoms with E-state index < -0.39 is 5.60 Å². The maximum absolute atomic E-state index is 12.2. The van der Waals surface area contributed by atoms with Gasteiger partial charge in [-0.05, 0) is 38.2 Å². The van der Waals surface area contributed by atoms with E-state index in [0.29, 0.717) is 12.8 Å². The van der Waals surface area contributed by atoms with Crippen molar-refractivity contribution in [1.82, 2.24) is 5.32 Å². The van der Waals surface area contributed by atoms with Crippen molar-refractivity contribution < 1.29 is 9.90 Å². The highest BCUT2D eigenvalue weighted by Gasteiger charge is 2.39. The van der Waals surface area contributed by atoms with Crippen molar-refractivity contribution in [2.24, 2.45) is 0 Å². The van der Waals surface area contributed by atoms with Gasteiger partial charge in [-0.2, -0.15) is 0 Å². The number of aliphatic hydroxyl groups is 1. The fourth-order valence-corrected chi connectivity index (χ4v) is 2.70. The van der Waals surface area contributed by atoms with E-state index in [2.05, 4.69) is 24.4 Å². The molecule has 1 aliphatic rings. The van der Waals surface area contributed by atoms with E-state index in [9.17, 15) is 9.90 Å². The molecule has 1 aliphatic carbocycles. The van der Waals surface area contributed by atoms with Gasteiger partial charge in [-0.3, -0.25) is 4.79 Å². The molecule has 2 unspecified atom stereocenters. The zero-order valence-electron chi connectivity index (χ0n) is 11.7. The Hall–Kier alpha value is -1.35. The predicted octanol–water partition coefficient (Wildman–Crippen LogP) is 2.60. The second-order valence-corrected chi connectivity index (χ2v) is 5.70. The van der Waals surface area contributed by atoms with Gasteiger partial charge in [-0.25, -0.2) is 0 Å². The SMILES string of the molecule is CC(NC(=O)C1(O)CCCC1)C(C)c1ccccc1. The average Bonchev–Trinajstić information content (AvgIpc) is 2.87. The number of nitrogens with one attached hydrogen (secondary N) is 1. The molecule has 1 aromatic carbocycles. The lowest BCUT2D eigenvalue weighted by molar-refractivity contribution is -0.139. The maximum atomic E-state index is 12.2. The molecule has 19 heavy (non-hydrogen) atoms. The first-order chi connectivity index (χ1) is 9.03. The minimum Gasteiger partial charge on any atom is -0.380 e. The van der Waals surface area contributed by atoms with Crippen LogP contribution in [0.4, 0.5) is 0 Å². The third-order valence-corrected chi connectivity index (χ3v) is 4.29. The molecule has 0 heterocycles. The van der Waals surface area contributed by atoms with E-state index >= 15 is 0 Å². The van der Waals surface area contributed by atoms with Crippen LogP contribution in [-0.4, -0.2) is 22.7 Å². The summed E-state index contributed by atoms with van der Waals surface area (Å²) in [6.45, 7) is 4.09. The zero-order chi connectivity index (χ0) is 13.9. The molecule has 1 saturated carbocycles. The number of hydrogen-bond donors (Lipinski definition) is 2. The van der Waals surface area contributed by atoms with Gasteiger partial charge in [0.15, 0.2) is 0 Å². The summed E-state index contributed by atoms with van der Waals surface area (Å²) < 4.78 is 0. The highest BCUT2D eigenvalue weighted by atomic mass is 16.3. The minimum atomic E-state index is -1.13. The van der Waals surface area contributed by atoms with Gasteiger partial charge >= 0.3 is 0 Å². The first kappa shape index (κ1) is 14.1. The Kier molecular flexibility index (Phi) is 4.25. The van der Waals surface area contributed by atoms with Crippen molar-refractivity contribution in [3.63, 3.8) is 0 Å². The number of amides is 1. The third kappa shape index (κ3) is 3.16. The van der Waals surface area contributed by atoms with Crippen LogP contribution in [0.3, 0.4) is 0 Å². The Morgan fingerprint density at radius 1 is 1.21 bits per heavy atom. The molecule has 0 aliphatic heterocycles. The van der Waals surface area contributed by atoms with Gasteiger partial charge in [0.05, 0.1) is 0 Å². The second-order valence-electron chi connectivity index (χ2n) is 5.70. The van der Waals surface area contributed by atoms with E-state index in [1.165, 1.54) is 5.56 Å². The third-order valence-electron chi connectivity index (χ3n) is 4.29. The maximum Gasteiger partial charge on any atom is 0.252 e. The fraction of sp³-hybridized carbons (Fsp3) is 0.562. The highest BCUT2D eigenvalue weighted by molar-refractivity contribution is 5.85. The van der Waals surface area contributed by atoms with Crippen molar-refractivity contribution in [1.29, 1.82) is 0 Å². The summed E-state index contributed by atoms with van der Waals surface area (Å²) >= 11 is 0.